The van der Waals surface area contributed by atoms with E-state index in [2.05, 4.69) is 6.92 Å². The van der Waals surface area contributed by atoms with Crippen molar-refractivity contribution >= 4 is 12.0 Å². The summed E-state index contributed by atoms with van der Waals surface area (Å²) in [5.74, 6) is -0.256. The summed E-state index contributed by atoms with van der Waals surface area (Å²) < 4.78 is 0. The van der Waals surface area contributed by atoms with Crippen LogP contribution in [0, 0.1) is 0 Å². The molecule has 3 nitrogen and oxygen atoms in total. The molecule has 20 heavy (non-hydrogen) atoms. The molecule has 110 valence electrons. The van der Waals surface area contributed by atoms with Gasteiger partial charge in [0.1, 0.15) is 0 Å². The normalized spacial score (nSPS) is 11.2. The Hall–Kier alpha value is -1.61. The van der Waals surface area contributed by atoms with E-state index in [1.807, 2.05) is 42.5 Å². The summed E-state index contributed by atoms with van der Waals surface area (Å²) >= 11 is 0. The predicted octanol–water partition coefficient (Wildman–Crippen LogP) is 4.06. The molecule has 0 N–H and O–H groups in total. The first kappa shape index (κ1) is 16.4. The van der Waals surface area contributed by atoms with Crippen LogP contribution in [0.1, 0.15) is 45.1 Å². The summed E-state index contributed by atoms with van der Waals surface area (Å²) in [5, 5.41) is 1.73. The summed E-state index contributed by atoms with van der Waals surface area (Å²) in [5.41, 5.74) is 1.15. The molecule has 0 radical (unpaired) electrons. The quantitative estimate of drug-likeness (QED) is 0.503. The number of hydroxylamine groups is 2. The Balaban J connectivity index is 2.39. The number of hydrogen-bond donors (Lipinski definition) is 0. The summed E-state index contributed by atoms with van der Waals surface area (Å²) in [4.78, 5) is 16.3. The maximum absolute atomic E-state index is 11.1. The molecular weight excluding hydrogens is 250 g/mol. The molecule has 0 spiro atoms. The molecule has 0 aliphatic heterocycles. The Morgan fingerprint density at radius 2 is 1.95 bits per heavy atom. The monoisotopic (exact) mass is 275 g/mol. The van der Waals surface area contributed by atoms with Gasteiger partial charge in [-0.3, -0.25) is 4.79 Å². The zero-order valence-corrected chi connectivity index (χ0v) is 12.5. The lowest BCUT2D eigenvalue weighted by Crippen LogP contribution is -2.27. The zero-order chi connectivity index (χ0) is 14.6. The van der Waals surface area contributed by atoms with Crippen molar-refractivity contribution in [2.24, 2.45) is 0 Å². The molecule has 0 saturated carbocycles. The molecular formula is C17H25NO2. The second kappa shape index (κ2) is 10.2. The average Bonchev–Trinajstić information content (AvgIpc) is 2.44. The number of nitrogens with zero attached hydrogens (tertiary/aromatic N) is 1. The highest BCUT2D eigenvalue weighted by Crippen LogP contribution is 2.04. The van der Waals surface area contributed by atoms with Crippen LogP contribution in [0.15, 0.2) is 36.4 Å². The fourth-order valence-corrected chi connectivity index (χ4v) is 1.94. The number of unbranched alkanes of at least 4 members (excludes halogenated alkanes) is 3. The van der Waals surface area contributed by atoms with E-state index in [1.54, 1.807) is 5.06 Å². The van der Waals surface area contributed by atoms with Crippen molar-refractivity contribution in [2.45, 2.75) is 39.5 Å². The zero-order valence-electron chi connectivity index (χ0n) is 12.5. The van der Waals surface area contributed by atoms with Gasteiger partial charge in [-0.25, -0.2) is 0 Å². The second-order valence-electron chi connectivity index (χ2n) is 4.84. The van der Waals surface area contributed by atoms with Gasteiger partial charge in [-0.15, -0.1) is 5.06 Å². The minimum absolute atomic E-state index is 0.256. The van der Waals surface area contributed by atoms with Crippen molar-refractivity contribution in [3.8, 4) is 0 Å². The van der Waals surface area contributed by atoms with E-state index in [1.165, 1.54) is 26.2 Å². The molecule has 0 heterocycles. The number of carbonyl (C=O) groups excluding carboxylic acids is 1. The molecule has 0 aliphatic rings. The van der Waals surface area contributed by atoms with E-state index in [4.69, 9.17) is 4.84 Å². The second-order valence-corrected chi connectivity index (χ2v) is 4.84. The van der Waals surface area contributed by atoms with Crippen LogP contribution in [0.4, 0.5) is 0 Å². The van der Waals surface area contributed by atoms with E-state index < -0.39 is 0 Å². The van der Waals surface area contributed by atoms with Gasteiger partial charge in [-0.1, -0.05) is 68.7 Å². The first-order valence-corrected chi connectivity index (χ1v) is 7.37. The summed E-state index contributed by atoms with van der Waals surface area (Å²) in [6.07, 6.45) is 8.74. The van der Waals surface area contributed by atoms with Crippen LogP contribution in [0.25, 0.3) is 6.08 Å². The van der Waals surface area contributed by atoms with Gasteiger partial charge in [0.2, 0.25) is 0 Å². The van der Waals surface area contributed by atoms with E-state index in [0.29, 0.717) is 6.54 Å². The lowest BCUT2D eigenvalue weighted by Gasteiger charge is -2.18. The maximum atomic E-state index is 11.1. The van der Waals surface area contributed by atoms with Crippen molar-refractivity contribution in [3.05, 3.63) is 42.0 Å². The van der Waals surface area contributed by atoms with Crippen LogP contribution in [0.5, 0.6) is 0 Å². The fraction of sp³-hybridized carbons (Fsp3) is 0.471. The molecule has 0 amide bonds. The Bertz CT molecular complexity index is 401. The van der Waals surface area contributed by atoms with Gasteiger partial charge >= 0.3 is 5.97 Å². The van der Waals surface area contributed by atoms with Crippen molar-refractivity contribution in [2.75, 3.05) is 13.1 Å². The van der Waals surface area contributed by atoms with Gasteiger partial charge in [0.15, 0.2) is 0 Å². The lowest BCUT2D eigenvalue weighted by molar-refractivity contribution is -0.185. The van der Waals surface area contributed by atoms with Crippen LogP contribution in [-0.2, 0) is 9.63 Å². The van der Waals surface area contributed by atoms with Gasteiger partial charge in [-0.2, -0.15) is 0 Å². The van der Waals surface area contributed by atoms with Crippen molar-refractivity contribution in [1.82, 2.24) is 5.06 Å². The number of benzene rings is 1. The lowest BCUT2D eigenvalue weighted by atomic mass is 10.2. The van der Waals surface area contributed by atoms with Crippen LogP contribution in [-0.4, -0.2) is 24.1 Å². The van der Waals surface area contributed by atoms with Gasteiger partial charge in [0, 0.05) is 13.5 Å². The van der Waals surface area contributed by atoms with Crippen molar-refractivity contribution < 1.29 is 9.63 Å². The molecule has 0 aromatic heterocycles. The van der Waals surface area contributed by atoms with Gasteiger partial charge in [0.25, 0.3) is 0 Å². The van der Waals surface area contributed by atoms with E-state index in [0.717, 1.165) is 18.5 Å². The van der Waals surface area contributed by atoms with Gasteiger partial charge in [-0.05, 0) is 12.0 Å². The smallest absolute Gasteiger partial charge is 0.322 e. The molecule has 0 saturated heterocycles. The van der Waals surface area contributed by atoms with Crippen molar-refractivity contribution in [1.29, 1.82) is 0 Å². The number of rotatable bonds is 9. The van der Waals surface area contributed by atoms with Gasteiger partial charge < -0.3 is 4.84 Å². The highest BCUT2D eigenvalue weighted by Gasteiger charge is 2.06. The van der Waals surface area contributed by atoms with Crippen LogP contribution in [0.2, 0.25) is 0 Å². The third-order valence-electron chi connectivity index (χ3n) is 2.94. The molecule has 0 bridgehead atoms. The summed E-state index contributed by atoms with van der Waals surface area (Å²) in [7, 11) is 0. The summed E-state index contributed by atoms with van der Waals surface area (Å²) in [6, 6.07) is 10.1. The van der Waals surface area contributed by atoms with E-state index in [-0.39, 0.29) is 5.97 Å². The average molecular weight is 275 g/mol. The number of hydrogen-bond acceptors (Lipinski definition) is 3. The molecule has 3 heteroatoms. The van der Waals surface area contributed by atoms with E-state index >= 15 is 0 Å². The molecule has 1 rings (SSSR count). The predicted molar refractivity (Wildman–Crippen MR) is 83.0 cm³/mol. The van der Waals surface area contributed by atoms with Crippen LogP contribution < -0.4 is 0 Å². The topological polar surface area (TPSA) is 29.5 Å². The fourth-order valence-electron chi connectivity index (χ4n) is 1.94. The minimum Gasteiger partial charge on any atom is -0.368 e. The SMILES string of the molecule is CCCCCCN(C/C=C/c1ccccc1)OC(C)=O. The van der Waals surface area contributed by atoms with Crippen LogP contribution in [0.3, 0.4) is 0 Å². The Labute approximate surface area is 122 Å². The maximum Gasteiger partial charge on any atom is 0.322 e. The molecule has 0 fully saturated rings. The largest absolute Gasteiger partial charge is 0.368 e. The first-order chi connectivity index (χ1) is 9.72. The first-order valence-electron chi connectivity index (χ1n) is 7.37. The Morgan fingerprint density at radius 3 is 2.60 bits per heavy atom. The molecule has 1 aromatic rings. The Morgan fingerprint density at radius 1 is 1.20 bits per heavy atom. The van der Waals surface area contributed by atoms with Crippen LogP contribution >= 0.6 is 0 Å². The minimum atomic E-state index is -0.256. The number of carbonyl (C=O) groups is 1. The van der Waals surface area contributed by atoms with Crippen molar-refractivity contribution in [3.63, 3.8) is 0 Å². The molecule has 1 aromatic carbocycles. The molecule has 0 unspecified atom stereocenters. The van der Waals surface area contributed by atoms with E-state index in [9.17, 15) is 4.79 Å². The molecule has 0 aliphatic carbocycles. The third-order valence-corrected chi connectivity index (χ3v) is 2.94. The molecule has 0 atom stereocenters. The van der Waals surface area contributed by atoms with Gasteiger partial charge in [0.05, 0.1) is 6.54 Å². The Kier molecular flexibility index (Phi) is 8.40. The standard InChI is InChI=1S/C17H25NO2/c1-3-4-5-9-14-18(20-16(2)19)15-10-13-17-11-7-6-8-12-17/h6-8,10-13H,3-5,9,14-15H2,1-2H3/b13-10+. The highest BCUT2D eigenvalue weighted by atomic mass is 16.7. The highest BCUT2D eigenvalue weighted by molar-refractivity contribution is 5.65. The summed E-state index contributed by atoms with van der Waals surface area (Å²) in [6.45, 7) is 5.05. The third kappa shape index (κ3) is 7.74.